The van der Waals surface area contributed by atoms with Crippen molar-refractivity contribution in [3.8, 4) is 6.07 Å². The van der Waals surface area contributed by atoms with Crippen LogP contribution in [-0.4, -0.2) is 16.0 Å². The van der Waals surface area contributed by atoms with E-state index in [1.165, 1.54) is 0 Å². The van der Waals surface area contributed by atoms with Gasteiger partial charge in [0, 0.05) is 12.2 Å². The van der Waals surface area contributed by atoms with Gasteiger partial charge in [-0.15, -0.1) is 0 Å². The van der Waals surface area contributed by atoms with Crippen molar-refractivity contribution in [2.24, 2.45) is 5.92 Å². The van der Waals surface area contributed by atoms with E-state index in [1.807, 2.05) is 6.92 Å². The summed E-state index contributed by atoms with van der Waals surface area (Å²) >= 11 is 0. The topological polar surface area (TPSA) is 61.6 Å². The lowest BCUT2D eigenvalue weighted by molar-refractivity contribution is 0.556. The molecule has 16 heavy (non-hydrogen) atoms. The summed E-state index contributed by atoms with van der Waals surface area (Å²) in [6, 6.07) is 2.43. The number of rotatable bonds is 4. The van der Waals surface area contributed by atoms with Gasteiger partial charge in [0.05, 0.1) is 18.2 Å². The van der Waals surface area contributed by atoms with E-state index in [4.69, 9.17) is 5.26 Å². The lowest BCUT2D eigenvalue weighted by Crippen LogP contribution is -2.23. The highest BCUT2D eigenvalue weighted by molar-refractivity contribution is 5.31. The average molecular weight is 218 g/mol. The van der Waals surface area contributed by atoms with Crippen molar-refractivity contribution in [1.82, 2.24) is 9.97 Å². The number of hydrogen-bond donors (Lipinski definition) is 1. The summed E-state index contributed by atoms with van der Waals surface area (Å²) in [5, 5.41) is 11.9. The monoisotopic (exact) mass is 218 g/mol. The minimum absolute atomic E-state index is 0.317. The summed E-state index contributed by atoms with van der Waals surface area (Å²) in [6.07, 6.45) is 2.09. The van der Waals surface area contributed by atoms with Crippen LogP contribution in [-0.2, 0) is 6.42 Å². The molecule has 1 rings (SSSR count). The van der Waals surface area contributed by atoms with Crippen LogP contribution in [0.4, 0.5) is 5.95 Å². The smallest absolute Gasteiger partial charge is 0.223 e. The van der Waals surface area contributed by atoms with E-state index in [-0.39, 0.29) is 0 Å². The van der Waals surface area contributed by atoms with Gasteiger partial charge in [0.15, 0.2) is 0 Å². The van der Waals surface area contributed by atoms with Crippen LogP contribution in [0.1, 0.15) is 32.0 Å². The van der Waals surface area contributed by atoms with Crippen LogP contribution >= 0.6 is 0 Å². The lowest BCUT2D eigenvalue weighted by atomic mass is 10.1. The number of aromatic nitrogens is 2. The third-order valence-electron chi connectivity index (χ3n) is 2.68. The Hall–Kier alpha value is -1.63. The molecule has 0 fully saturated rings. The highest BCUT2D eigenvalue weighted by Gasteiger charge is 2.09. The Morgan fingerprint density at radius 3 is 2.69 bits per heavy atom. The van der Waals surface area contributed by atoms with E-state index in [0.717, 1.165) is 11.3 Å². The van der Waals surface area contributed by atoms with Gasteiger partial charge in [0.2, 0.25) is 5.95 Å². The SMILES string of the molecule is Cc1cnc(NC(C)C(C)C)nc1CC#N. The number of aryl methyl sites for hydroxylation is 1. The average Bonchev–Trinajstić information content (AvgIpc) is 2.23. The molecule has 1 unspecified atom stereocenters. The van der Waals surface area contributed by atoms with E-state index >= 15 is 0 Å². The number of nitriles is 1. The highest BCUT2D eigenvalue weighted by atomic mass is 15.1. The van der Waals surface area contributed by atoms with Crippen LogP contribution in [0.3, 0.4) is 0 Å². The number of anilines is 1. The molecule has 1 N–H and O–H groups in total. The maximum atomic E-state index is 8.67. The minimum atomic E-state index is 0.317. The maximum Gasteiger partial charge on any atom is 0.223 e. The maximum absolute atomic E-state index is 8.67. The molecule has 4 heteroatoms. The summed E-state index contributed by atoms with van der Waals surface area (Å²) in [5.41, 5.74) is 1.76. The molecular formula is C12H18N4. The molecule has 0 amide bonds. The van der Waals surface area contributed by atoms with Gasteiger partial charge in [-0.25, -0.2) is 9.97 Å². The lowest BCUT2D eigenvalue weighted by Gasteiger charge is -2.17. The van der Waals surface area contributed by atoms with Crippen LogP contribution in [0.5, 0.6) is 0 Å². The van der Waals surface area contributed by atoms with E-state index in [1.54, 1.807) is 6.20 Å². The number of nitrogens with zero attached hydrogens (tertiary/aromatic N) is 3. The first-order chi connectivity index (χ1) is 7.54. The minimum Gasteiger partial charge on any atom is -0.352 e. The number of hydrogen-bond acceptors (Lipinski definition) is 4. The predicted octanol–water partition coefficient (Wildman–Crippen LogP) is 2.31. The zero-order valence-electron chi connectivity index (χ0n) is 10.3. The van der Waals surface area contributed by atoms with Crippen LogP contribution in [0.25, 0.3) is 0 Å². The molecule has 0 aliphatic rings. The van der Waals surface area contributed by atoms with Gasteiger partial charge in [-0.2, -0.15) is 5.26 Å². The number of nitrogens with one attached hydrogen (secondary N) is 1. The second-order valence-corrected chi connectivity index (χ2v) is 4.34. The Balaban J connectivity index is 2.83. The first-order valence-corrected chi connectivity index (χ1v) is 5.50. The summed E-state index contributed by atoms with van der Waals surface area (Å²) in [5.74, 6) is 1.13. The fourth-order valence-corrected chi connectivity index (χ4v) is 1.17. The largest absolute Gasteiger partial charge is 0.352 e. The molecule has 1 aromatic rings. The van der Waals surface area contributed by atoms with Crippen LogP contribution in [0.2, 0.25) is 0 Å². The van der Waals surface area contributed by atoms with Gasteiger partial charge in [0.1, 0.15) is 0 Å². The molecule has 0 radical (unpaired) electrons. The molecule has 1 atom stereocenters. The van der Waals surface area contributed by atoms with Crippen molar-refractivity contribution in [3.63, 3.8) is 0 Å². The first-order valence-electron chi connectivity index (χ1n) is 5.50. The van der Waals surface area contributed by atoms with Gasteiger partial charge < -0.3 is 5.32 Å². The molecule has 0 saturated carbocycles. The molecule has 0 aliphatic heterocycles. The van der Waals surface area contributed by atoms with Crippen molar-refractivity contribution in [2.45, 2.75) is 40.2 Å². The van der Waals surface area contributed by atoms with E-state index in [9.17, 15) is 0 Å². The molecular weight excluding hydrogens is 200 g/mol. The fraction of sp³-hybridized carbons (Fsp3) is 0.583. The van der Waals surface area contributed by atoms with Gasteiger partial charge in [0.25, 0.3) is 0 Å². The normalized spacial score (nSPS) is 12.2. The van der Waals surface area contributed by atoms with E-state index in [0.29, 0.717) is 24.3 Å². The third kappa shape index (κ3) is 3.20. The highest BCUT2D eigenvalue weighted by Crippen LogP contribution is 2.11. The van der Waals surface area contributed by atoms with Crippen molar-refractivity contribution in [1.29, 1.82) is 5.26 Å². The van der Waals surface area contributed by atoms with Gasteiger partial charge in [-0.3, -0.25) is 0 Å². The fourth-order valence-electron chi connectivity index (χ4n) is 1.17. The van der Waals surface area contributed by atoms with Crippen LogP contribution < -0.4 is 5.32 Å². The molecule has 0 aromatic carbocycles. The summed E-state index contributed by atoms with van der Waals surface area (Å²) in [4.78, 5) is 8.55. The molecule has 1 aromatic heterocycles. The summed E-state index contributed by atoms with van der Waals surface area (Å²) in [7, 11) is 0. The quantitative estimate of drug-likeness (QED) is 0.842. The first kappa shape index (κ1) is 12.4. The Morgan fingerprint density at radius 1 is 1.44 bits per heavy atom. The van der Waals surface area contributed by atoms with E-state index < -0.39 is 0 Å². The molecule has 4 nitrogen and oxygen atoms in total. The molecule has 0 saturated heterocycles. The van der Waals surface area contributed by atoms with Crippen molar-refractivity contribution < 1.29 is 0 Å². The second kappa shape index (κ2) is 5.45. The van der Waals surface area contributed by atoms with Gasteiger partial charge >= 0.3 is 0 Å². The molecule has 1 heterocycles. The Bertz CT molecular complexity index is 392. The second-order valence-electron chi connectivity index (χ2n) is 4.34. The molecule has 0 aliphatic carbocycles. The summed E-state index contributed by atoms with van der Waals surface area (Å²) in [6.45, 7) is 8.30. The predicted molar refractivity (Wildman–Crippen MR) is 64.0 cm³/mol. The van der Waals surface area contributed by atoms with Crippen LogP contribution in [0.15, 0.2) is 6.20 Å². The Morgan fingerprint density at radius 2 is 2.12 bits per heavy atom. The van der Waals surface area contributed by atoms with Crippen molar-refractivity contribution >= 4 is 5.95 Å². The van der Waals surface area contributed by atoms with Crippen molar-refractivity contribution in [3.05, 3.63) is 17.5 Å². The van der Waals surface area contributed by atoms with Crippen molar-refractivity contribution in [2.75, 3.05) is 5.32 Å². The van der Waals surface area contributed by atoms with Crippen LogP contribution in [0, 0.1) is 24.2 Å². The van der Waals surface area contributed by atoms with Gasteiger partial charge in [-0.05, 0) is 25.3 Å². The Kier molecular flexibility index (Phi) is 4.24. The zero-order chi connectivity index (χ0) is 12.1. The molecule has 0 spiro atoms. The third-order valence-corrected chi connectivity index (χ3v) is 2.68. The Labute approximate surface area is 96.7 Å². The van der Waals surface area contributed by atoms with Gasteiger partial charge in [-0.1, -0.05) is 13.8 Å². The van der Waals surface area contributed by atoms with E-state index in [2.05, 4.69) is 42.1 Å². The summed E-state index contributed by atoms with van der Waals surface area (Å²) < 4.78 is 0. The molecule has 86 valence electrons. The zero-order valence-corrected chi connectivity index (χ0v) is 10.3. The standard InChI is InChI=1S/C12H18N4/c1-8(2)10(4)15-12-14-7-9(3)11(16-12)5-6-13/h7-8,10H,5H2,1-4H3,(H,14,15,16). The molecule has 0 bridgehead atoms.